The van der Waals surface area contributed by atoms with E-state index < -0.39 is 0 Å². The molecule has 6 rings (SSSR count). The predicted molar refractivity (Wildman–Crippen MR) is 110 cm³/mol. The second kappa shape index (κ2) is 6.26. The van der Waals surface area contributed by atoms with Crippen molar-refractivity contribution in [2.75, 3.05) is 13.9 Å². The van der Waals surface area contributed by atoms with Gasteiger partial charge in [0.25, 0.3) is 0 Å². The van der Waals surface area contributed by atoms with Gasteiger partial charge in [0.1, 0.15) is 11.5 Å². The maximum absolute atomic E-state index is 13.3. The number of aryl methyl sites for hydroxylation is 1. The Hall–Kier alpha value is -3.47. The summed E-state index contributed by atoms with van der Waals surface area (Å²) in [7, 11) is 1.61. The average molecular weight is 400 g/mol. The van der Waals surface area contributed by atoms with E-state index in [0.717, 1.165) is 28.2 Å². The van der Waals surface area contributed by atoms with Crippen molar-refractivity contribution < 1.29 is 23.7 Å². The van der Waals surface area contributed by atoms with Crippen LogP contribution in [0.2, 0.25) is 0 Å². The molecule has 0 saturated heterocycles. The van der Waals surface area contributed by atoms with Gasteiger partial charge in [0.2, 0.25) is 6.79 Å². The summed E-state index contributed by atoms with van der Waals surface area (Å²) in [6.45, 7) is 2.31. The topological polar surface area (TPSA) is 54.0 Å². The van der Waals surface area contributed by atoms with Gasteiger partial charge in [0, 0.05) is 23.5 Å². The molecule has 150 valence electrons. The lowest BCUT2D eigenvalue weighted by molar-refractivity contribution is -0.140. The summed E-state index contributed by atoms with van der Waals surface area (Å²) in [5.74, 6) is 2.01. The number of hydrogen-bond donors (Lipinski definition) is 0. The number of esters is 1. The summed E-state index contributed by atoms with van der Waals surface area (Å²) in [4.78, 5) is 13.3. The van der Waals surface area contributed by atoms with Crippen molar-refractivity contribution >= 4 is 5.97 Å². The number of hydrogen-bond acceptors (Lipinski definition) is 5. The zero-order valence-electron chi connectivity index (χ0n) is 16.7. The van der Waals surface area contributed by atoms with Crippen LogP contribution < -0.4 is 18.9 Å². The van der Waals surface area contributed by atoms with Gasteiger partial charge >= 0.3 is 5.97 Å². The SMILES string of the molecule is COc1ccc2c(c1)OC(=O)C1[C@H]2c2cc(C)ccc2[C@@H]1c1ccc2c(c1)OCO2. The molecule has 3 atom stereocenters. The Morgan fingerprint density at radius 2 is 1.67 bits per heavy atom. The summed E-state index contributed by atoms with van der Waals surface area (Å²) in [5, 5.41) is 0. The van der Waals surface area contributed by atoms with Crippen LogP contribution in [0.15, 0.2) is 54.6 Å². The molecule has 1 unspecified atom stereocenters. The van der Waals surface area contributed by atoms with E-state index in [4.69, 9.17) is 18.9 Å². The summed E-state index contributed by atoms with van der Waals surface area (Å²) < 4.78 is 22.2. The first kappa shape index (κ1) is 17.4. The molecule has 3 aromatic carbocycles. The minimum absolute atomic E-state index is 0.0579. The second-order valence-corrected chi connectivity index (χ2v) is 8.05. The second-order valence-electron chi connectivity index (χ2n) is 8.05. The smallest absolute Gasteiger partial charge is 0.316 e. The van der Waals surface area contributed by atoms with E-state index >= 15 is 0 Å². The number of carbonyl (C=O) groups is 1. The number of fused-ring (bicyclic) bond motifs is 6. The molecule has 0 radical (unpaired) electrons. The fourth-order valence-electron chi connectivity index (χ4n) is 5.12. The Labute approximate surface area is 174 Å². The fourth-order valence-corrected chi connectivity index (χ4v) is 5.12. The first-order valence-corrected chi connectivity index (χ1v) is 10.0. The van der Waals surface area contributed by atoms with Gasteiger partial charge in [-0.15, -0.1) is 0 Å². The van der Waals surface area contributed by atoms with E-state index in [1.54, 1.807) is 13.2 Å². The van der Waals surface area contributed by atoms with E-state index in [-0.39, 0.29) is 30.5 Å². The largest absolute Gasteiger partial charge is 0.497 e. The summed E-state index contributed by atoms with van der Waals surface area (Å²) in [6.07, 6.45) is 0. The maximum atomic E-state index is 13.3. The van der Waals surface area contributed by atoms with Gasteiger partial charge in [0.15, 0.2) is 11.5 Å². The Bertz CT molecular complexity index is 1200. The highest BCUT2D eigenvalue weighted by atomic mass is 16.7. The number of carbonyl (C=O) groups excluding carboxylic acids is 1. The number of benzene rings is 3. The number of ether oxygens (including phenoxy) is 4. The minimum Gasteiger partial charge on any atom is -0.497 e. The van der Waals surface area contributed by atoms with Crippen molar-refractivity contribution in [1.82, 2.24) is 0 Å². The number of rotatable bonds is 2. The van der Waals surface area contributed by atoms with Crippen LogP contribution in [0.3, 0.4) is 0 Å². The molecule has 3 aromatic rings. The molecule has 0 amide bonds. The molecule has 1 aliphatic carbocycles. The first-order chi connectivity index (χ1) is 14.6. The van der Waals surface area contributed by atoms with Crippen LogP contribution in [0.25, 0.3) is 0 Å². The van der Waals surface area contributed by atoms with Gasteiger partial charge < -0.3 is 18.9 Å². The van der Waals surface area contributed by atoms with Crippen molar-refractivity contribution in [2.45, 2.75) is 18.8 Å². The Balaban J connectivity index is 1.55. The van der Waals surface area contributed by atoms with Gasteiger partial charge in [-0.3, -0.25) is 4.79 Å². The monoisotopic (exact) mass is 400 g/mol. The van der Waals surface area contributed by atoms with E-state index in [1.165, 1.54) is 11.1 Å². The lowest BCUT2D eigenvalue weighted by Gasteiger charge is -2.30. The highest BCUT2D eigenvalue weighted by Crippen LogP contribution is 2.57. The summed E-state index contributed by atoms with van der Waals surface area (Å²) in [6, 6.07) is 18.2. The zero-order chi connectivity index (χ0) is 20.4. The van der Waals surface area contributed by atoms with Crippen LogP contribution in [0.5, 0.6) is 23.0 Å². The number of methoxy groups -OCH3 is 1. The van der Waals surface area contributed by atoms with E-state index in [2.05, 4.69) is 25.1 Å². The highest BCUT2D eigenvalue weighted by molar-refractivity contribution is 5.84. The molecule has 5 heteroatoms. The van der Waals surface area contributed by atoms with Crippen LogP contribution >= 0.6 is 0 Å². The Kier molecular flexibility index (Phi) is 3.63. The van der Waals surface area contributed by atoms with Crippen LogP contribution in [0.4, 0.5) is 0 Å². The Morgan fingerprint density at radius 3 is 2.53 bits per heavy atom. The first-order valence-electron chi connectivity index (χ1n) is 10.0. The lowest BCUT2D eigenvalue weighted by Crippen LogP contribution is -2.32. The molecule has 5 nitrogen and oxygen atoms in total. The van der Waals surface area contributed by atoms with Crippen LogP contribution in [-0.4, -0.2) is 19.9 Å². The maximum Gasteiger partial charge on any atom is 0.316 e. The van der Waals surface area contributed by atoms with Gasteiger partial charge in [-0.25, -0.2) is 0 Å². The van der Waals surface area contributed by atoms with Gasteiger partial charge in [0.05, 0.1) is 13.0 Å². The van der Waals surface area contributed by atoms with Crippen molar-refractivity contribution in [3.8, 4) is 23.0 Å². The highest BCUT2D eigenvalue weighted by Gasteiger charge is 2.50. The van der Waals surface area contributed by atoms with Crippen LogP contribution in [-0.2, 0) is 4.79 Å². The third kappa shape index (κ3) is 2.38. The van der Waals surface area contributed by atoms with E-state index in [1.807, 2.05) is 30.3 Å². The van der Waals surface area contributed by atoms with Gasteiger partial charge in [-0.2, -0.15) is 0 Å². The molecule has 0 fully saturated rings. The predicted octanol–water partition coefficient (Wildman–Crippen LogP) is 4.54. The van der Waals surface area contributed by atoms with E-state index in [0.29, 0.717) is 11.5 Å². The molecule has 0 aromatic heterocycles. The Morgan fingerprint density at radius 1 is 0.833 bits per heavy atom. The summed E-state index contributed by atoms with van der Waals surface area (Å²) in [5.41, 5.74) is 5.58. The lowest BCUT2D eigenvalue weighted by atomic mass is 9.78. The van der Waals surface area contributed by atoms with Gasteiger partial charge in [-0.1, -0.05) is 35.9 Å². The van der Waals surface area contributed by atoms with E-state index in [9.17, 15) is 4.79 Å². The van der Waals surface area contributed by atoms with Gasteiger partial charge in [-0.05, 0) is 41.8 Å². The average Bonchev–Trinajstić information content (AvgIpc) is 3.35. The van der Waals surface area contributed by atoms with Crippen LogP contribution in [0.1, 0.15) is 39.7 Å². The molecule has 0 saturated carbocycles. The zero-order valence-corrected chi connectivity index (χ0v) is 16.7. The minimum atomic E-state index is -0.330. The third-order valence-electron chi connectivity index (χ3n) is 6.42. The molecule has 0 bridgehead atoms. The molecule has 2 aliphatic heterocycles. The van der Waals surface area contributed by atoms with Crippen molar-refractivity contribution in [3.05, 3.63) is 82.4 Å². The summed E-state index contributed by atoms with van der Waals surface area (Å²) >= 11 is 0. The molecule has 30 heavy (non-hydrogen) atoms. The van der Waals surface area contributed by atoms with Crippen LogP contribution in [0, 0.1) is 12.8 Å². The van der Waals surface area contributed by atoms with Crippen molar-refractivity contribution in [2.24, 2.45) is 5.92 Å². The molecule has 2 heterocycles. The molecular weight excluding hydrogens is 380 g/mol. The fraction of sp³-hybridized carbons (Fsp3) is 0.240. The standard InChI is InChI=1S/C25H20O5/c1-13-3-6-16-18(9-13)23-17-7-5-15(27-2)11-20(17)30-25(26)24(23)22(16)14-4-8-19-21(10-14)29-12-28-19/h3-11,22-24H,12H2,1-2H3/t22-,23+,24?/m0/s1. The quantitative estimate of drug-likeness (QED) is 0.467. The molecule has 0 N–H and O–H groups in total. The normalized spacial score (nSPS) is 22.7. The van der Waals surface area contributed by atoms with Crippen molar-refractivity contribution in [1.29, 1.82) is 0 Å². The van der Waals surface area contributed by atoms with Crippen molar-refractivity contribution in [3.63, 3.8) is 0 Å². The third-order valence-corrected chi connectivity index (χ3v) is 6.42. The molecular formula is C25H20O5. The molecule has 0 spiro atoms. The molecule has 3 aliphatic rings.